The van der Waals surface area contributed by atoms with Gasteiger partial charge in [-0.15, -0.1) is 0 Å². The molecule has 60 valence electrons. The first-order valence-electron chi connectivity index (χ1n) is 3.08. The molecule has 0 spiro atoms. The number of rotatable bonds is 2. The predicted molar refractivity (Wildman–Crippen MR) is 42.9 cm³/mol. The fourth-order valence-electron chi connectivity index (χ4n) is 0.700. The van der Waals surface area contributed by atoms with E-state index in [2.05, 4.69) is 20.9 Å². The van der Waals surface area contributed by atoms with Crippen LogP contribution < -0.4 is 0 Å². The summed E-state index contributed by atoms with van der Waals surface area (Å²) >= 11 is 3.08. The Balaban J connectivity index is 2.86. The average molecular weight is 220 g/mol. The molecular weight excluding hydrogens is 213 g/mol. The number of aliphatic hydroxyl groups is 1. The second-order valence-corrected chi connectivity index (χ2v) is 2.75. The summed E-state index contributed by atoms with van der Waals surface area (Å²) in [5.74, 6) is -0.428. The monoisotopic (exact) mass is 219 g/mol. The molecule has 1 N–H and O–H groups in total. The predicted octanol–water partition coefficient (Wildman–Crippen LogP) is 1.65. The Kier molecular flexibility index (Phi) is 2.96. The summed E-state index contributed by atoms with van der Waals surface area (Å²) in [6, 6.07) is 1.26. The van der Waals surface area contributed by atoms with Crippen molar-refractivity contribution < 1.29 is 9.50 Å². The minimum absolute atomic E-state index is 0.387. The number of aromatic nitrogens is 1. The lowest BCUT2D eigenvalue weighted by Crippen LogP contribution is -1.99. The van der Waals surface area contributed by atoms with Gasteiger partial charge >= 0.3 is 0 Å². The van der Waals surface area contributed by atoms with Gasteiger partial charge in [0, 0.05) is 17.1 Å². The molecule has 1 atom stereocenters. The summed E-state index contributed by atoms with van der Waals surface area (Å²) < 4.78 is 12.5. The second-order valence-electron chi connectivity index (χ2n) is 2.11. The van der Waals surface area contributed by atoms with E-state index in [1.165, 1.54) is 12.3 Å². The number of alkyl halides is 1. The highest BCUT2D eigenvalue weighted by Crippen LogP contribution is 2.14. The maximum Gasteiger partial charge on any atom is 0.141 e. The molecule has 0 aliphatic heterocycles. The Morgan fingerprint density at radius 1 is 1.64 bits per heavy atom. The normalized spacial score (nSPS) is 13.0. The number of aliphatic hydroxyl groups excluding tert-OH is 1. The van der Waals surface area contributed by atoms with Crippen LogP contribution in [-0.4, -0.2) is 15.4 Å². The highest BCUT2D eigenvalue weighted by Gasteiger charge is 2.05. The van der Waals surface area contributed by atoms with Gasteiger partial charge in [0.05, 0.1) is 12.3 Å². The van der Waals surface area contributed by atoms with Crippen LogP contribution >= 0.6 is 15.9 Å². The molecule has 0 amide bonds. The molecule has 2 nitrogen and oxygen atoms in total. The van der Waals surface area contributed by atoms with Gasteiger partial charge in [-0.3, -0.25) is 4.98 Å². The van der Waals surface area contributed by atoms with Crippen LogP contribution in [0.2, 0.25) is 0 Å². The summed E-state index contributed by atoms with van der Waals surface area (Å²) in [6.45, 7) is 0. The van der Waals surface area contributed by atoms with Crippen molar-refractivity contribution in [3.8, 4) is 0 Å². The zero-order valence-electron chi connectivity index (χ0n) is 5.67. The van der Waals surface area contributed by atoms with E-state index in [9.17, 15) is 9.50 Å². The van der Waals surface area contributed by atoms with Crippen LogP contribution in [0, 0.1) is 5.82 Å². The zero-order valence-corrected chi connectivity index (χ0v) is 7.25. The summed E-state index contributed by atoms with van der Waals surface area (Å²) in [5, 5.41) is 9.59. The van der Waals surface area contributed by atoms with E-state index in [0.29, 0.717) is 10.9 Å². The van der Waals surface area contributed by atoms with Crippen LogP contribution in [-0.2, 0) is 0 Å². The fraction of sp³-hybridized carbons (Fsp3) is 0.286. The van der Waals surface area contributed by atoms with Gasteiger partial charge in [-0.25, -0.2) is 4.39 Å². The Labute approximate surface area is 72.2 Å². The van der Waals surface area contributed by atoms with E-state index in [0.717, 1.165) is 6.20 Å². The lowest BCUT2D eigenvalue weighted by Gasteiger charge is -2.04. The third kappa shape index (κ3) is 2.24. The summed E-state index contributed by atoms with van der Waals surface area (Å²) in [4.78, 5) is 3.60. The Morgan fingerprint density at radius 3 is 2.91 bits per heavy atom. The van der Waals surface area contributed by atoms with Crippen molar-refractivity contribution >= 4 is 15.9 Å². The average Bonchev–Trinajstić information content (AvgIpc) is 2.03. The summed E-state index contributed by atoms with van der Waals surface area (Å²) in [5.41, 5.74) is 0.488. The molecule has 1 aromatic rings. The second kappa shape index (κ2) is 3.78. The highest BCUT2D eigenvalue weighted by molar-refractivity contribution is 9.09. The maximum absolute atomic E-state index is 12.5. The molecule has 4 heteroatoms. The van der Waals surface area contributed by atoms with Gasteiger partial charge in [0.15, 0.2) is 0 Å². The number of hydrogen-bond acceptors (Lipinski definition) is 2. The van der Waals surface area contributed by atoms with Crippen molar-refractivity contribution in [1.82, 2.24) is 4.98 Å². The quantitative estimate of drug-likeness (QED) is 0.768. The molecule has 0 fully saturated rings. The van der Waals surface area contributed by atoms with Crippen molar-refractivity contribution in [2.75, 3.05) is 5.33 Å². The van der Waals surface area contributed by atoms with E-state index in [-0.39, 0.29) is 0 Å². The smallest absolute Gasteiger partial charge is 0.141 e. The summed E-state index contributed by atoms with van der Waals surface area (Å²) in [6.07, 6.45) is 1.86. The zero-order chi connectivity index (χ0) is 8.27. The number of nitrogens with zero attached hydrogens (tertiary/aromatic N) is 1. The van der Waals surface area contributed by atoms with Crippen molar-refractivity contribution in [2.45, 2.75) is 6.10 Å². The van der Waals surface area contributed by atoms with Gasteiger partial charge in [-0.1, -0.05) is 15.9 Å². The first kappa shape index (κ1) is 8.62. The molecule has 11 heavy (non-hydrogen) atoms. The molecule has 1 heterocycles. The van der Waals surface area contributed by atoms with Crippen molar-refractivity contribution in [1.29, 1.82) is 0 Å². The SMILES string of the molecule is O[C@@H](CBr)c1cncc(F)c1. The third-order valence-corrected chi connectivity index (χ3v) is 1.87. The topological polar surface area (TPSA) is 33.1 Å². The molecule has 1 aromatic heterocycles. The van der Waals surface area contributed by atoms with Gasteiger partial charge in [0.25, 0.3) is 0 Å². The first-order valence-corrected chi connectivity index (χ1v) is 4.20. The molecule has 0 aliphatic rings. The highest BCUT2D eigenvalue weighted by atomic mass is 79.9. The van der Waals surface area contributed by atoms with Crippen molar-refractivity contribution in [3.63, 3.8) is 0 Å². The lowest BCUT2D eigenvalue weighted by atomic mass is 10.2. The fourth-order valence-corrected chi connectivity index (χ4v) is 1.07. The summed E-state index contributed by atoms with van der Waals surface area (Å²) in [7, 11) is 0. The van der Waals surface area contributed by atoms with Gasteiger partial charge in [-0.05, 0) is 6.07 Å². The van der Waals surface area contributed by atoms with E-state index in [1.807, 2.05) is 0 Å². The van der Waals surface area contributed by atoms with Crippen LogP contribution in [0.3, 0.4) is 0 Å². The van der Waals surface area contributed by atoms with Crippen molar-refractivity contribution in [2.24, 2.45) is 0 Å². The molecular formula is C7H7BrFNO. The molecule has 0 unspecified atom stereocenters. The third-order valence-electron chi connectivity index (χ3n) is 1.26. The number of halogens is 2. The standard InChI is InChI=1S/C7H7BrFNO/c8-2-7(11)5-1-6(9)4-10-3-5/h1,3-4,7,11H,2H2/t7-/m0/s1. The molecule has 0 bridgehead atoms. The van der Waals surface area contributed by atoms with Gasteiger partial charge < -0.3 is 5.11 Å². The number of pyridine rings is 1. The van der Waals surface area contributed by atoms with Gasteiger partial charge in [0.2, 0.25) is 0 Å². The van der Waals surface area contributed by atoms with Crippen LogP contribution in [0.15, 0.2) is 18.5 Å². The Hall–Kier alpha value is -0.480. The molecule has 0 saturated carbocycles. The lowest BCUT2D eigenvalue weighted by molar-refractivity contribution is 0.204. The van der Waals surface area contributed by atoms with Gasteiger partial charge in [0.1, 0.15) is 5.82 Å². The first-order chi connectivity index (χ1) is 5.24. The van der Waals surface area contributed by atoms with E-state index >= 15 is 0 Å². The van der Waals surface area contributed by atoms with Crippen LogP contribution in [0.25, 0.3) is 0 Å². The van der Waals surface area contributed by atoms with E-state index < -0.39 is 11.9 Å². The van der Waals surface area contributed by atoms with E-state index in [1.54, 1.807) is 0 Å². The molecule has 1 rings (SSSR count). The molecule has 0 aliphatic carbocycles. The van der Waals surface area contributed by atoms with Gasteiger partial charge in [-0.2, -0.15) is 0 Å². The molecule has 0 aromatic carbocycles. The number of hydrogen-bond donors (Lipinski definition) is 1. The van der Waals surface area contributed by atoms with Crippen LogP contribution in [0.4, 0.5) is 4.39 Å². The maximum atomic E-state index is 12.5. The van der Waals surface area contributed by atoms with E-state index in [4.69, 9.17) is 0 Å². The van der Waals surface area contributed by atoms with Crippen LogP contribution in [0.1, 0.15) is 11.7 Å². The molecule has 0 saturated heterocycles. The van der Waals surface area contributed by atoms with Crippen LogP contribution in [0.5, 0.6) is 0 Å². The van der Waals surface area contributed by atoms with Crippen molar-refractivity contribution in [3.05, 3.63) is 29.8 Å². The largest absolute Gasteiger partial charge is 0.387 e. The minimum Gasteiger partial charge on any atom is -0.387 e. The molecule has 0 radical (unpaired) electrons. The minimum atomic E-state index is -0.682. The Morgan fingerprint density at radius 2 is 2.36 bits per heavy atom. The Bertz CT molecular complexity index is 244.